The first-order valence-electron chi connectivity index (χ1n) is 9.09. The third-order valence-corrected chi connectivity index (χ3v) is 6.83. The Morgan fingerprint density at radius 1 is 1.29 bits per heavy atom. The summed E-state index contributed by atoms with van der Waals surface area (Å²) in [6.07, 6.45) is 2.15. The fourth-order valence-corrected chi connectivity index (χ4v) is 4.99. The van der Waals surface area contributed by atoms with E-state index in [9.17, 15) is 12.8 Å². The van der Waals surface area contributed by atoms with Gasteiger partial charge in [0.05, 0.1) is 11.1 Å². The summed E-state index contributed by atoms with van der Waals surface area (Å²) in [6, 6.07) is 3.86. The van der Waals surface area contributed by atoms with Gasteiger partial charge in [-0.25, -0.2) is 17.8 Å². The average molecular weight is 404 g/mol. The van der Waals surface area contributed by atoms with Gasteiger partial charge in [-0.1, -0.05) is 0 Å². The van der Waals surface area contributed by atoms with E-state index in [2.05, 4.69) is 10.1 Å². The molecule has 148 valence electrons. The van der Waals surface area contributed by atoms with Gasteiger partial charge in [-0.2, -0.15) is 9.40 Å². The summed E-state index contributed by atoms with van der Waals surface area (Å²) in [5.41, 5.74) is 2.67. The van der Waals surface area contributed by atoms with Crippen molar-refractivity contribution in [3.63, 3.8) is 0 Å². The van der Waals surface area contributed by atoms with Gasteiger partial charge in [-0.15, -0.1) is 0 Å². The van der Waals surface area contributed by atoms with Crippen molar-refractivity contribution >= 4 is 10.0 Å². The molecule has 0 radical (unpaired) electrons. The largest absolute Gasteiger partial charge is 0.440 e. The Kier molecular flexibility index (Phi) is 4.59. The number of oxazole rings is 1. The van der Waals surface area contributed by atoms with Crippen LogP contribution in [-0.2, 0) is 29.5 Å². The van der Waals surface area contributed by atoms with Crippen molar-refractivity contribution in [2.75, 3.05) is 6.54 Å². The molecule has 0 saturated carbocycles. The number of aryl methyl sites for hydroxylation is 3. The van der Waals surface area contributed by atoms with Crippen molar-refractivity contribution < 1.29 is 17.2 Å². The number of hydrogen-bond acceptors (Lipinski definition) is 5. The van der Waals surface area contributed by atoms with Crippen LogP contribution in [0.15, 0.2) is 33.7 Å². The lowest BCUT2D eigenvalue weighted by atomic mass is 10.1. The smallest absolute Gasteiger partial charge is 0.247 e. The van der Waals surface area contributed by atoms with E-state index < -0.39 is 15.8 Å². The van der Waals surface area contributed by atoms with E-state index in [0.717, 1.165) is 11.3 Å². The van der Waals surface area contributed by atoms with Crippen LogP contribution in [0, 0.1) is 19.7 Å². The number of nitrogens with zero attached hydrogens (tertiary/aromatic N) is 4. The van der Waals surface area contributed by atoms with E-state index in [1.54, 1.807) is 20.0 Å². The normalized spacial score (nSPS) is 15.0. The minimum atomic E-state index is -3.76. The molecule has 28 heavy (non-hydrogen) atoms. The lowest BCUT2D eigenvalue weighted by Crippen LogP contribution is -2.36. The zero-order valence-corrected chi connectivity index (χ0v) is 16.8. The highest BCUT2D eigenvalue weighted by Crippen LogP contribution is 2.32. The molecule has 3 heterocycles. The Bertz CT molecular complexity index is 1150. The molecule has 0 bridgehead atoms. The highest BCUT2D eigenvalue weighted by molar-refractivity contribution is 7.89. The summed E-state index contributed by atoms with van der Waals surface area (Å²) in [6.45, 7) is 6.52. The highest BCUT2D eigenvalue weighted by Gasteiger charge is 2.33. The molecule has 0 N–H and O–H groups in total. The maximum Gasteiger partial charge on any atom is 0.247 e. The first-order chi connectivity index (χ1) is 13.3. The minimum Gasteiger partial charge on any atom is -0.440 e. The second kappa shape index (κ2) is 6.82. The van der Waals surface area contributed by atoms with E-state index in [1.807, 2.05) is 11.6 Å². The molecule has 4 rings (SSSR count). The van der Waals surface area contributed by atoms with Gasteiger partial charge in [0.1, 0.15) is 11.6 Å². The summed E-state index contributed by atoms with van der Waals surface area (Å²) in [7, 11) is -3.76. The molecule has 3 aromatic rings. The molecule has 1 aliphatic rings. The third kappa shape index (κ3) is 3.04. The Morgan fingerprint density at radius 3 is 2.71 bits per heavy atom. The van der Waals surface area contributed by atoms with Crippen LogP contribution in [0.2, 0.25) is 0 Å². The van der Waals surface area contributed by atoms with Crippen molar-refractivity contribution in [2.24, 2.45) is 0 Å². The molecule has 7 nitrogen and oxygen atoms in total. The fourth-order valence-electron chi connectivity index (χ4n) is 3.50. The van der Waals surface area contributed by atoms with Crippen LogP contribution in [0.1, 0.15) is 29.5 Å². The molecule has 0 unspecified atom stereocenters. The molecular weight excluding hydrogens is 383 g/mol. The zero-order valence-electron chi connectivity index (χ0n) is 15.9. The Morgan fingerprint density at radius 2 is 2.07 bits per heavy atom. The molecule has 1 aromatic carbocycles. The number of benzene rings is 1. The van der Waals surface area contributed by atoms with Crippen LogP contribution >= 0.6 is 0 Å². The monoisotopic (exact) mass is 404 g/mol. The van der Waals surface area contributed by atoms with Crippen LogP contribution in [0.5, 0.6) is 0 Å². The summed E-state index contributed by atoms with van der Waals surface area (Å²) in [5, 5.41) is 4.60. The predicted molar refractivity (Wildman–Crippen MR) is 101 cm³/mol. The molecule has 0 atom stereocenters. The second-order valence-electron chi connectivity index (χ2n) is 6.87. The minimum absolute atomic E-state index is 0.0891. The first kappa shape index (κ1) is 18.8. The van der Waals surface area contributed by atoms with Gasteiger partial charge in [-0.05, 0) is 44.5 Å². The zero-order chi connectivity index (χ0) is 20.1. The van der Waals surface area contributed by atoms with Gasteiger partial charge in [0.2, 0.25) is 15.9 Å². The van der Waals surface area contributed by atoms with Crippen molar-refractivity contribution in [3.05, 3.63) is 52.8 Å². The predicted octanol–water partition coefficient (Wildman–Crippen LogP) is 3.06. The topological polar surface area (TPSA) is 81.2 Å². The van der Waals surface area contributed by atoms with Crippen LogP contribution in [0.4, 0.5) is 4.39 Å². The molecule has 2 aromatic heterocycles. The van der Waals surface area contributed by atoms with Gasteiger partial charge in [0, 0.05) is 37.3 Å². The highest BCUT2D eigenvalue weighted by atomic mass is 32.2. The van der Waals surface area contributed by atoms with E-state index in [0.29, 0.717) is 42.4 Å². The molecule has 0 spiro atoms. The quantitative estimate of drug-likeness (QED) is 0.668. The van der Waals surface area contributed by atoms with Crippen molar-refractivity contribution in [1.82, 2.24) is 19.1 Å². The first-order valence-corrected chi connectivity index (χ1v) is 10.5. The Labute approximate surface area is 162 Å². The standard InChI is InChI=1S/C19H21FN4O3S/c1-4-24-17-7-8-23(28(25,26)14-5-6-16(20)12(2)9-14)11-15(17)18(22-24)19-21-10-13(3)27-19/h5-6,9-10H,4,7-8,11H2,1-3H3. The van der Waals surface area contributed by atoms with Gasteiger partial charge >= 0.3 is 0 Å². The summed E-state index contributed by atoms with van der Waals surface area (Å²) < 4.78 is 48.7. The molecule has 0 fully saturated rings. The molecule has 0 aliphatic carbocycles. The number of hydrogen-bond donors (Lipinski definition) is 0. The third-order valence-electron chi connectivity index (χ3n) is 4.99. The maximum absolute atomic E-state index is 13.6. The van der Waals surface area contributed by atoms with Crippen LogP contribution in [-0.4, -0.2) is 34.0 Å². The van der Waals surface area contributed by atoms with E-state index in [4.69, 9.17) is 4.42 Å². The number of aromatic nitrogens is 3. The van der Waals surface area contributed by atoms with Crippen LogP contribution in [0.25, 0.3) is 11.6 Å². The average Bonchev–Trinajstić information content (AvgIpc) is 3.26. The molecule has 9 heteroatoms. The van der Waals surface area contributed by atoms with Gasteiger partial charge in [0.25, 0.3) is 0 Å². The van der Waals surface area contributed by atoms with Gasteiger partial charge in [0.15, 0.2) is 5.69 Å². The Hall–Kier alpha value is -2.52. The maximum atomic E-state index is 13.6. The Balaban J connectivity index is 1.74. The SMILES string of the molecule is CCn1nc(-c2ncc(C)o2)c2c1CCN(S(=O)(=O)c1ccc(F)c(C)c1)C2. The summed E-state index contributed by atoms with van der Waals surface area (Å²) in [5.74, 6) is 0.625. The molecule has 0 saturated heterocycles. The van der Waals surface area contributed by atoms with Crippen LogP contribution < -0.4 is 0 Å². The number of sulfonamides is 1. The van der Waals surface area contributed by atoms with Crippen molar-refractivity contribution in [1.29, 1.82) is 0 Å². The summed E-state index contributed by atoms with van der Waals surface area (Å²) >= 11 is 0. The fraction of sp³-hybridized carbons (Fsp3) is 0.368. The van der Waals surface area contributed by atoms with Crippen LogP contribution in [0.3, 0.4) is 0 Å². The molecular formula is C19H21FN4O3S. The van der Waals surface area contributed by atoms with Crippen molar-refractivity contribution in [2.45, 2.75) is 45.2 Å². The van der Waals surface area contributed by atoms with E-state index >= 15 is 0 Å². The number of halogens is 1. The lowest BCUT2D eigenvalue weighted by molar-refractivity contribution is 0.383. The summed E-state index contributed by atoms with van der Waals surface area (Å²) in [4.78, 5) is 4.35. The number of rotatable bonds is 4. The van der Waals surface area contributed by atoms with Crippen molar-refractivity contribution in [3.8, 4) is 11.6 Å². The van der Waals surface area contributed by atoms with E-state index in [1.165, 1.54) is 22.5 Å². The lowest BCUT2D eigenvalue weighted by Gasteiger charge is -2.27. The second-order valence-corrected chi connectivity index (χ2v) is 8.80. The molecule has 0 amide bonds. The molecule has 1 aliphatic heterocycles. The number of fused-ring (bicyclic) bond motifs is 1. The van der Waals surface area contributed by atoms with Gasteiger partial charge in [-0.3, -0.25) is 4.68 Å². The van der Waals surface area contributed by atoms with E-state index in [-0.39, 0.29) is 11.4 Å². The van der Waals surface area contributed by atoms with Gasteiger partial charge < -0.3 is 4.42 Å².